The number of hydrogen-bond donors (Lipinski definition) is 1. The summed E-state index contributed by atoms with van der Waals surface area (Å²) in [7, 11) is 2.71. The first-order chi connectivity index (χ1) is 6.70. The van der Waals surface area contributed by atoms with Crippen molar-refractivity contribution in [1.82, 2.24) is 0 Å². The van der Waals surface area contributed by atoms with Crippen molar-refractivity contribution in [2.45, 2.75) is 5.79 Å². The van der Waals surface area contributed by atoms with Crippen LogP contribution in [0.25, 0.3) is 0 Å². The monoisotopic (exact) mass is 200 g/mol. The highest BCUT2D eigenvalue weighted by Crippen LogP contribution is 2.27. The summed E-state index contributed by atoms with van der Waals surface area (Å²) in [6.07, 6.45) is 0. The molecule has 0 aliphatic heterocycles. The zero-order valence-corrected chi connectivity index (χ0v) is 8.16. The molecule has 0 radical (unpaired) electrons. The molecule has 0 unspecified atom stereocenters. The SMILES string of the molecule is COC(CO)(OC)c1ccccc1F. The van der Waals surface area contributed by atoms with Gasteiger partial charge in [-0.05, 0) is 6.07 Å². The van der Waals surface area contributed by atoms with E-state index >= 15 is 0 Å². The van der Waals surface area contributed by atoms with E-state index in [1.165, 1.54) is 26.4 Å². The van der Waals surface area contributed by atoms with Gasteiger partial charge in [0.05, 0.1) is 0 Å². The van der Waals surface area contributed by atoms with E-state index in [1.807, 2.05) is 0 Å². The fourth-order valence-electron chi connectivity index (χ4n) is 1.29. The summed E-state index contributed by atoms with van der Waals surface area (Å²) in [6.45, 7) is -0.444. The van der Waals surface area contributed by atoms with Crippen molar-refractivity contribution in [3.63, 3.8) is 0 Å². The second-order valence-corrected chi connectivity index (χ2v) is 2.80. The van der Waals surface area contributed by atoms with Crippen LogP contribution in [-0.2, 0) is 15.3 Å². The van der Waals surface area contributed by atoms with E-state index in [2.05, 4.69) is 0 Å². The second kappa shape index (κ2) is 4.50. The standard InChI is InChI=1S/C10H13FO3/c1-13-10(7-12,14-2)8-5-3-4-6-9(8)11/h3-6,12H,7H2,1-2H3. The van der Waals surface area contributed by atoms with E-state index in [1.54, 1.807) is 12.1 Å². The topological polar surface area (TPSA) is 38.7 Å². The van der Waals surface area contributed by atoms with Gasteiger partial charge in [-0.1, -0.05) is 18.2 Å². The molecule has 1 N–H and O–H groups in total. The lowest BCUT2D eigenvalue weighted by atomic mass is 10.1. The lowest BCUT2D eigenvalue weighted by molar-refractivity contribution is -0.237. The van der Waals surface area contributed by atoms with Crippen molar-refractivity contribution >= 4 is 0 Å². The number of methoxy groups -OCH3 is 2. The summed E-state index contributed by atoms with van der Waals surface area (Å²) >= 11 is 0. The van der Waals surface area contributed by atoms with Gasteiger partial charge in [-0.25, -0.2) is 4.39 Å². The van der Waals surface area contributed by atoms with E-state index in [4.69, 9.17) is 14.6 Å². The Hall–Kier alpha value is -0.970. The molecule has 0 amide bonds. The molecule has 14 heavy (non-hydrogen) atoms. The van der Waals surface area contributed by atoms with Crippen molar-refractivity contribution in [1.29, 1.82) is 0 Å². The quantitative estimate of drug-likeness (QED) is 0.744. The first-order valence-electron chi connectivity index (χ1n) is 4.16. The maximum Gasteiger partial charge on any atom is 0.221 e. The van der Waals surface area contributed by atoms with E-state index in [9.17, 15) is 4.39 Å². The van der Waals surface area contributed by atoms with Crippen LogP contribution in [0.4, 0.5) is 4.39 Å². The number of aliphatic hydroxyl groups excluding tert-OH is 1. The van der Waals surface area contributed by atoms with Crippen LogP contribution in [0.5, 0.6) is 0 Å². The molecule has 1 aromatic carbocycles. The maximum atomic E-state index is 13.4. The fourth-order valence-corrected chi connectivity index (χ4v) is 1.29. The van der Waals surface area contributed by atoms with Crippen molar-refractivity contribution in [3.8, 4) is 0 Å². The molecule has 0 fully saturated rings. The Morgan fingerprint density at radius 1 is 1.29 bits per heavy atom. The maximum absolute atomic E-state index is 13.4. The van der Waals surface area contributed by atoms with Crippen LogP contribution in [0.2, 0.25) is 0 Å². The molecule has 0 heterocycles. The van der Waals surface area contributed by atoms with Gasteiger partial charge in [0.25, 0.3) is 0 Å². The minimum absolute atomic E-state index is 0.188. The van der Waals surface area contributed by atoms with Gasteiger partial charge >= 0.3 is 0 Å². The molecule has 1 rings (SSSR count). The van der Waals surface area contributed by atoms with Gasteiger partial charge in [0, 0.05) is 19.8 Å². The third-order valence-corrected chi connectivity index (χ3v) is 2.15. The predicted molar refractivity (Wildman–Crippen MR) is 49.2 cm³/mol. The van der Waals surface area contributed by atoms with Crippen LogP contribution in [0, 0.1) is 5.82 Å². The molecule has 4 heteroatoms. The molecule has 0 bridgehead atoms. The second-order valence-electron chi connectivity index (χ2n) is 2.80. The Kier molecular flexibility index (Phi) is 3.57. The minimum atomic E-state index is -1.41. The summed E-state index contributed by atoms with van der Waals surface area (Å²) in [5.74, 6) is -1.88. The molecule has 0 aliphatic rings. The lowest BCUT2D eigenvalue weighted by Gasteiger charge is -2.29. The van der Waals surface area contributed by atoms with Crippen LogP contribution in [0.1, 0.15) is 5.56 Å². The smallest absolute Gasteiger partial charge is 0.221 e. The first-order valence-corrected chi connectivity index (χ1v) is 4.16. The van der Waals surface area contributed by atoms with Crippen molar-refractivity contribution in [2.24, 2.45) is 0 Å². The van der Waals surface area contributed by atoms with Crippen LogP contribution in [0.3, 0.4) is 0 Å². The molecule has 0 aliphatic carbocycles. The summed E-state index contributed by atoms with van der Waals surface area (Å²) in [6, 6.07) is 6.02. The number of benzene rings is 1. The third-order valence-electron chi connectivity index (χ3n) is 2.15. The molecule has 0 spiro atoms. The van der Waals surface area contributed by atoms with Gasteiger partial charge in [-0.2, -0.15) is 0 Å². The number of aliphatic hydroxyl groups is 1. The molecule has 78 valence electrons. The Labute approximate surface area is 82.1 Å². The largest absolute Gasteiger partial charge is 0.390 e. The molecular formula is C10H13FO3. The molecule has 0 saturated heterocycles. The van der Waals surface area contributed by atoms with Crippen LogP contribution in [0.15, 0.2) is 24.3 Å². The Balaban J connectivity index is 3.17. The van der Waals surface area contributed by atoms with Crippen LogP contribution in [-0.4, -0.2) is 25.9 Å². The normalized spacial score (nSPS) is 11.7. The summed E-state index contributed by atoms with van der Waals surface area (Å²) in [5, 5.41) is 9.14. The third kappa shape index (κ3) is 1.77. The van der Waals surface area contributed by atoms with Crippen molar-refractivity contribution < 1.29 is 19.0 Å². The predicted octanol–water partition coefficient (Wildman–Crippen LogP) is 1.26. The zero-order valence-electron chi connectivity index (χ0n) is 8.16. The summed E-state index contributed by atoms with van der Waals surface area (Å²) in [4.78, 5) is 0. The number of ether oxygens (including phenoxy) is 2. The fraction of sp³-hybridized carbons (Fsp3) is 0.400. The molecule has 0 atom stereocenters. The number of hydrogen-bond acceptors (Lipinski definition) is 3. The Morgan fingerprint density at radius 3 is 2.29 bits per heavy atom. The lowest BCUT2D eigenvalue weighted by Crippen LogP contribution is -2.35. The van der Waals surface area contributed by atoms with Gasteiger partial charge < -0.3 is 14.6 Å². The first kappa shape index (κ1) is 11.1. The van der Waals surface area contributed by atoms with Crippen LogP contribution < -0.4 is 0 Å². The van der Waals surface area contributed by atoms with Gasteiger partial charge in [0.15, 0.2) is 0 Å². The van der Waals surface area contributed by atoms with E-state index in [0.29, 0.717) is 0 Å². The highest BCUT2D eigenvalue weighted by molar-refractivity contribution is 5.22. The molecule has 3 nitrogen and oxygen atoms in total. The molecule has 0 saturated carbocycles. The van der Waals surface area contributed by atoms with E-state index < -0.39 is 18.2 Å². The van der Waals surface area contributed by atoms with Crippen molar-refractivity contribution in [2.75, 3.05) is 20.8 Å². The highest BCUT2D eigenvalue weighted by Gasteiger charge is 2.33. The van der Waals surface area contributed by atoms with Gasteiger partial charge in [0.1, 0.15) is 12.4 Å². The Bertz CT molecular complexity index is 289. The van der Waals surface area contributed by atoms with Gasteiger partial charge in [-0.15, -0.1) is 0 Å². The van der Waals surface area contributed by atoms with E-state index in [0.717, 1.165) is 0 Å². The van der Waals surface area contributed by atoms with E-state index in [-0.39, 0.29) is 5.56 Å². The number of rotatable bonds is 4. The van der Waals surface area contributed by atoms with Gasteiger partial charge in [-0.3, -0.25) is 0 Å². The zero-order chi connectivity index (χ0) is 10.6. The van der Waals surface area contributed by atoms with Gasteiger partial charge in [0.2, 0.25) is 5.79 Å². The number of halogens is 1. The molecular weight excluding hydrogens is 187 g/mol. The summed E-state index contributed by atoms with van der Waals surface area (Å²) < 4.78 is 23.4. The molecule has 1 aromatic rings. The summed E-state index contributed by atoms with van der Waals surface area (Å²) in [5.41, 5.74) is 0.188. The Morgan fingerprint density at radius 2 is 1.86 bits per heavy atom. The van der Waals surface area contributed by atoms with Crippen LogP contribution >= 0.6 is 0 Å². The minimum Gasteiger partial charge on any atom is -0.390 e. The van der Waals surface area contributed by atoms with Crippen molar-refractivity contribution in [3.05, 3.63) is 35.6 Å². The highest BCUT2D eigenvalue weighted by atomic mass is 19.1. The average Bonchev–Trinajstić information content (AvgIpc) is 2.24. The molecule has 0 aromatic heterocycles. The average molecular weight is 200 g/mol.